The van der Waals surface area contributed by atoms with Gasteiger partial charge in [0.15, 0.2) is 0 Å². The maximum atomic E-state index is 6.18. The molecule has 1 unspecified atom stereocenters. The Balaban J connectivity index is 2.33. The van der Waals surface area contributed by atoms with E-state index in [0.717, 1.165) is 31.0 Å². The van der Waals surface area contributed by atoms with E-state index in [4.69, 9.17) is 11.6 Å². The lowest BCUT2D eigenvalue weighted by molar-refractivity contribution is 0.253. The third-order valence-corrected chi connectivity index (χ3v) is 4.85. The quantitative estimate of drug-likeness (QED) is 0.900. The van der Waals surface area contributed by atoms with E-state index in [2.05, 4.69) is 50.0 Å². The summed E-state index contributed by atoms with van der Waals surface area (Å²) in [5.74, 6) is 0. The van der Waals surface area contributed by atoms with Crippen molar-refractivity contribution in [2.75, 3.05) is 18.0 Å². The number of halogens is 1. The highest BCUT2D eigenvalue weighted by molar-refractivity contribution is 6.30. The number of nitrogens with one attached hydrogen (secondary N) is 1. The number of anilines is 1. The van der Waals surface area contributed by atoms with Crippen molar-refractivity contribution in [3.63, 3.8) is 0 Å². The lowest BCUT2D eigenvalue weighted by Gasteiger charge is -2.48. The SMILES string of the molecule is CCC1(CC)CN(c2cc(Cl)ccc2C)C(C)CN1. The molecule has 1 saturated heterocycles. The lowest BCUT2D eigenvalue weighted by atomic mass is 9.88. The molecular weight excluding hydrogens is 256 g/mol. The summed E-state index contributed by atoms with van der Waals surface area (Å²) in [5, 5.41) is 4.56. The van der Waals surface area contributed by atoms with Gasteiger partial charge in [0.2, 0.25) is 0 Å². The topological polar surface area (TPSA) is 15.3 Å². The summed E-state index contributed by atoms with van der Waals surface area (Å²) in [6, 6.07) is 6.70. The fraction of sp³-hybridized carbons (Fsp3) is 0.625. The first-order valence-electron chi connectivity index (χ1n) is 7.29. The van der Waals surface area contributed by atoms with E-state index in [9.17, 15) is 0 Å². The molecule has 1 fully saturated rings. The molecule has 106 valence electrons. The molecule has 0 aliphatic carbocycles. The summed E-state index contributed by atoms with van der Waals surface area (Å²) < 4.78 is 0. The minimum absolute atomic E-state index is 0.237. The van der Waals surface area contributed by atoms with Gasteiger partial charge >= 0.3 is 0 Å². The zero-order valence-corrected chi connectivity index (χ0v) is 13.2. The maximum Gasteiger partial charge on any atom is 0.0426 e. The van der Waals surface area contributed by atoms with Crippen LogP contribution in [0.5, 0.6) is 0 Å². The maximum absolute atomic E-state index is 6.18. The zero-order chi connectivity index (χ0) is 14.0. The number of hydrogen-bond donors (Lipinski definition) is 1. The Morgan fingerprint density at radius 2 is 2.05 bits per heavy atom. The van der Waals surface area contributed by atoms with Crippen molar-refractivity contribution < 1.29 is 0 Å². The van der Waals surface area contributed by atoms with Gasteiger partial charge < -0.3 is 10.2 Å². The van der Waals surface area contributed by atoms with Crippen molar-refractivity contribution in [2.24, 2.45) is 0 Å². The molecule has 19 heavy (non-hydrogen) atoms. The summed E-state index contributed by atoms with van der Waals surface area (Å²) in [6.07, 6.45) is 2.32. The van der Waals surface area contributed by atoms with Crippen LogP contribution < -0.4 is 10.2 Å². The fourth-order valence-electron chi connectivity index (χ4n) is 2.95. The molecule has 1 heterocycles. The van der Waals surface area contributed by atoms with E-state index < -0.39 is 0 Å². The average molecular weight is 281 g/mol. The molecule has 2 rings (SSSR count). The van der Waals surface area contributed by atoms with Crippen LogP contribution in [-0.2, 0) is 0 Å². The van der Waals surface area contributed by atoms with Gasteiger partial charge in [0.1, 0.15) is 0 Å². The first kappa shape index (κ1) is 14.7. The Labute approximate surface area is 122 Å². The van der Waals surface area contributed by atoms with E-state index in [-0.39, 0.29) is 5.54 Å². The van der Waals surface area contributed by atoms with Gasteiger partial charge in [0.05, 0.1) is 0 Å². The summed E-state index contributed by atoms with van der Waals surface area (Å²) in [7, 11) is 0. The number of benzene rings is 1. The standard InChI is InChI=1S/C16H25ClN2/c1-5-16(6-2)11-19(13(4)10-18-16)15-9-14(17)8-7-12(15)3/h7-9,13,18H,5-6,10-11H2,1-4H3. The van der Waals surface area contributed by atoms with Crippen molar-refractivity contribution in [1.29, 1.82) is 0 Å². The van der Waals surface area contributed by atoms with Crippen LogP contribution in [-0.4, -0.2) is 24.7 Å². The first-order chi connectivity index (χ1) is 9.01. The minimum Gasteiger partial charge on any atom is -0.365 e. The Kier molecular flexibility index (Phi) is 4.42. The molecule has 0 spiro atoms. The highest BCUT2D eigenvalue weighted by Crippen LogP contribution is 2.31. The van der Waals surface area contributed by atoms with Crippen molar-refractivity contribution in [3.8, 4) is 0 Å². The summed E-state index contributed by atoms with van der Waals surface area (Å²) in [5.41, 5.74) is 2.83. The number of piperazine rings is 1. The van der Waals surface area contributed by atoms with Crippen LogP contribution in [0.15, 0.2) is 18.2 Å². The van der Waals surface area contributed by atoms with Gasteiger partial charge in [0, 0.05) is 35.4 Å². The predicted molar refractivity (Wildman–Crippen MR) is 84.3 cm³/mol. The van der Waals surface area contributed by atoms with E-state index in [1.807, 2.05) is 6.07 Å². The number of hydrogen-bond acceptors (Lipinski definition) is 2. The molecular formula is C16H25ClN2. The van der Waals surface area contributed by atoms with E-state index in [1.165, 1.54) is 11.3 Å². The first-order valence-corrected chi connectivity index (χ1v) is 7.67. The normalized spacial score (nSPS) is 22.6. The number of aryl methyl sites for hydroxylation is 1. The largest absolute Gasteiger partial charge is 0.365 e. The summed E-state index contributed by atoms with van der Waals surface area (Å²) in [6.45, 7) is 11.1. The molecule has 2 nitrogen and oxygen atoms in total. The predicted octanol–water partition coefficient (Wildman–Crippen LogP) is 4.01. The average Bonchev–Trinajstić information content (AvgIpc) is 2.43. The smallest absolute Gasteiger partial charge is 0.0426 e. The molecule has 1 aromatic rings. The zero-order valence-electron chi connectivity index (χ0n) is 12.5. The van der Waals surface area contributed by atoms with Crippen molar-refractivity contribution in [3.05, 3.63) is 28.8 Å². The molecule has 1 aliphatic rings. The van der Waals surface area contributed by atoms with Gasteiger partial charge in [-0.3, -0.25) is 0 Å². The number of nitrogens with zero attached hydrogens (tertiary/aromatic N) is 1. The van der Waals surface area contributed by atoms with Crippen LogP contribution in [0.25, 0.3) is 0 Å². The second-order valence-corrected chi connectivity index (χ2v) is 6.21. The van der Waals surface area contributed by atoms with Crippen LogP contribution >= 0.6 is 11.6 Å². The molecule has 0 aromatic heterocycles. The summed E-state index contributed by atoms with van der Waals surface area (Å²) >= 11 is 6.18. The van der Waals surface area contributed by atoms with Crippen LogP contribution in [0.3, 0.4) is 0 Å². The van der Waals surface area contributed by atoms with Crippen molar-refractivity contribution >= 4 is 17.3 Å². The monoisotopic (exact) mass is 280 g/mol. The van der Waals surface area contributed by atoms with Gasteiger partial charge in [-0.15, -0.1) is 0 Å². The molecule has 1 aliphatic heterocycles. The Bertz CT molecular complexity index is 440. The Morgan fingerprint density at radius 3 is 2.68 bits per heavy atom. The van der Waals surface area contributed by atoms with Gasteiger partial charge in [0.25, 0.3) is 0 Å². The van der Waals surface area contributed by atoms with Crippen molar-refractivity contribution in [1.82, 2.24) is 5.32 Å². The van der Waals surface area contributed by atoms with E-state index in [0.29, 0.717) is 6.04 Å². The third-order valence-electron chi connectivity index (χ3n) is 4.61. The van der Waals surface area contributed by atoms with Crippen LogP contribution in [0.2, 0.25) is 5.02 Å². The van der Waals surface area contributed by atoms with Crippen molar-refractivity contribution in [2.45, 2.75) is 52.1 Å². The molecule has 1 N–H and O–H groups in total. The van der Waals surface area contributed by atoms with Gasteiger partial charge in [-0.1, -0.05) is 31.5 Å². The molecule has 0 radical (unpaired) electrons. The van der Waals surface area contributed by atoms with E-state index >= 15 is 0 Å². The summed E-state index contributed by atoms with van der Waals surface area (Å²) in [4.78, 5) is 2.52. The molecule has 3 heteroatoms. The van der Waals surface area contributed by atoms with Crippen LogP contribution in [0.1, 0.15) is 39.2 Å². The van der Waals surface area contributed by atoms with Gasteiger partial charge in [-0.05, 0) is 44.4 Å². The molecule has 1 atom stereocenters. The van der Waals surface area contributed by atoms with Crippen LogP contribution in [0.4, 0.5) is 5.69 Å². The molecule has 0 amide bonds. The number of rotatable bonds is 3. The van der Waals surface area contributed by atoms with Gasteiger partial charge in [-0.2, -0.15) is 0 Å². The second kappa shape index (κ2) is 5.72. The van der Waals surface area contributed by atoms with Crippen LogP contribution in [0, 0.1) is 6.92 Å². The Morgan fingerprint density at radius 1 is 1.37 bits per heavy atom. The minimum atomic E-state index is 0.237. The second-order valence-electron chi connectivity index (χ2n) is 5.78. The fourth-order valence-corrected chi connectivity index (χ4v) is 3.12. The highest BCUT2D eigenvalue weighted by Gasteiger charge is 2.35. The molecule has 1 aromatic carbocycles. The highest BCUT2D eigenvalue weighted by atomic mass is 35.5. The molecule has 0 saturated carbocycles. The van der Waals surface area contributed by atoms with Gasteiger partial charge in [-0.25, -0.2) is 0 Å². The van der Waals surface area contributed by atoms with E-state index in [1.54, 1.807) is 0 Å². The lowest BCUT2D eigenvalue weighted by Crippen LogP contribution is -2.63. The molecule has 0 bridgehead atoms. The third kappa shape index (κ3) is 2.90. The Hall–Kier alpha value is -0.730.